The van der Waals surface area contributed by atoms with Gasteiger partial charge in [-0.25, -0.2) is 13.1 Å². The largest absolute Gasteiger partial charge is 0.495 e. The summed E-state index contributed by atoms with van der Waals surface area (Å²) in [6.07, 6.45) is -1.14. The van der Waals surface area contributed by atoms with Crippen LogP contribution < -0.4 is 15.2 Å². The predicted octanol–water partition coefficient (Wildman–Crippen LogP) is -1.09. The van der Waals surface area contributed by atoms with Gasteiger partial charge in [-0.2, -0.15) is 0 Å². The second-order valence-corrected chi connectivity index (χ2v) is 5.36. The third-order valence-corrected chi connectivity index (χ3v) is 3.65. The molecule has 0 aromatic heterocycles. The summed E-state index contributed by atoms with van der Waals surface area (Å²) in [7, 11) is -2.34. The molecule has 0 radical (unpaired) electrons. The maximum Gasteiger partial charge on any atom is 0.240 e. The fourth-order valence-corrected chi connectivity index (χ4v) is 2.34. The van der Waals surface area contributed by atoms with Crippen LogP contribution >= 0.6 is 0 Å². The van der Waals surface area contributed by atoms with Crippen LogP contribution in [-0.2, 0) is 10.0 Å². The first-order valence-corrected chi connectivity index (χ1v) is 6.61. The van der Waals surface area contributed by atoms with Crippen LogP contribution in [0.25, 0.3) is 0 Å². The molecule has 18 heavy (non-hydrogen) atoms. The van der Waals surface area contributed by atoms with E-state index in [9.17, 15) is 8.42 Å². The van der Waals surface area contributed by atoms with Crippen LogP contribution in [0.1, 0.15) is 0 Å². The van der Waals surface area contributed by atoms with Crippen molar-refractivity contribution >= 4 is 15.7 Å². The molecule has 0 saturated heterocycles. The normalized spacial score (nSPS) is 13.3. The molecule has 5 N–H and O–H groups in total. The number of nitrogens with two attached hydrogens (primary N) is 1. The van der Waals surface area contributed by atoms with E-state index in [0.29, 0.717) is 5.75 Å². The van der Waals surface area contributed by atoms with Crippen LogP contribution in [-0.4, -0.2) is 45.0 Å². The van der Waals surface area contributed by atoms with Gasteiger partial charge in [0.05, 0.1) is 30.4 Å². The molecule has 0 spiro atoms. The number of methoxy groups -OCH3 is 1. The summed E-state index contributed by atoms with van der Waals surface area (Å²) in [6, 6.07) is 4.03. The van der Waals surface area contributed by atoms with Crippen molar-refractivity contribution in [1.29, 1.82) is 0 Å². The van der Waals surface area contributed by atoms with E-state index < -0.39 is 22.7 Å². The van der Waals surface area contributed by atoms with Gasteiger partial charge in [-0.1, -0.05) is 0 Å². The van der Waals surface area contributed by atoms with E-state index in [-0.39, 0.29) is 17.1 Å². The van der Waals surface area contributed by atoms with Crippen LogP contribution in [0.5, 0.6) is 5.75 Å². The van der Waals surface area contributed by atoms with Crippen molar-refractivity contribution < 1.29 is 23.4 Å². The van der Waals surface area contributed by atoms with Gasteiger partial charge in [0, 0.05) is 6.54 Å². The maximum absolute atomic E-state index is 11.8. The summed E-state index contributed by atoms with van der Waals surface area (Å²) in [4.78, 5) is -0.0362. The standard InChI is InChI=1S/C10H16N2O5S/c1-17-10-3-2-8(4-9(10)11)18(15,16)12-5-7(14)6-13/h2-4,7,12-14H,5-6,11H2,1H3. The highest BCUT2D eigenvalue weighted by atomic mass is 32.2. The average Bonchev–Trinajstić information content (AvgIpc) is 2.35. The summed E-state index contributed by atoms with van der Waals surface area (Å²) in [5.41, 5.74) is 5.80. The van der Waals surface area contributed by atoms with Crippen LogP contribution in [0.15, 0.2) is 23.1 Å². The average molecular weight is 276 g/mol. The molecule has 0 aliphatic carbocycles. The van der Waals surface area contributed by atoms with Crippen LogP contribution in [0.4, 0.5) is 5.69 Å². The molecule has 1 atom stereocenters. The van der Waals surface area contributed by atoms with Crippen molar-refractivity contribution in [2.45, 2.75) is 11.0 Å². The van der Waals surface area contributed by atoms with Gasteiger partial charge in [-0.05, 0) is 18.2 Å². The molecule has 0 aliphatic rings. The Labute approximate surface area is 105 Å². The molecule has 1 rings (SSSR count). The molecule has 0 heterocycles. The van der Waals surface area contributed by atoms with E-state index in [4.69, 9.17) is 20.7 Å². The molecule has 1 aromatic carbocycles. The van der Waals surface area contributed by atoms with E-state index in [2.05, 4.69) is 4.72 Å². The summed E-state index contributed by atoms with van der Waals surface area (Å²) in [6.45, 7) is -0.794. The number of aliphatic hydroxyl groups is 2. The monoisotopic (exact) mass is 276 g/mol. The topological polar surface area (TPSA) is 122 Å². The Bertz CT molecular complexity index is 503. The molecule has 0 bridgehead atoms. The van der Waals surface area contributed by atoms with Crippen LogP contribution in [0.3, 0.4) is 0 Å². The van der Waals surface area contributed by atoms with Crippen LogP contribution in [0.2, 0.25) is 0 Å². The van der Waals surface area contributed by atoms with Crippen molar-refractivity contribution in [3.63, 3.8) is 0 Å². The highest BCUT2D eigenvalue weighted by Crippen LogP contribution is 2.24. The van der Waals surface area contributed by atoms with Gasteiger partial charge in [-0.15, -0.1) is 0 Å². The van der Waals surface area contributed by atoms with E-state index in [1.807, 2.05) is 0 Å². The Hall–Kier alpha value is -1.35. The number of hydrogen-bond donors (Lipinski definition) is 4. The molecular weight excluding hydrogens is 260 g/mol. The molecular formula is C10H16N2O5S. The summed E-state index contributed by atoms with van der Waals surface area (Å²) >= 11 is 0. The smallest absolute Gasteiger partial charge is 0.240 e. The Morgan fingerprint density at radius 3 is 2.67 bits per heavy atom. The lowest BCUT2D eigenvalue weighted by Crippen LogP contribution is -2.33. The Balaban J connectivity index is 2.88. The number of nitrogens with one attached hydrogen (secondary N) is 1. The Kier molecular flexibility index (Phi) is 4.91. The number of sulfonamides is 1. The van der Waals surface area contributed by atoms with Crippen molar-refractivity contribution in [1.82, 2.24) is 4.72 Å². The molecule has 102 valence electrons. The van der Waals surface area contributed by atoms with E-state index >= 15 is 0 Å². The molecule has 0 saturated carbocycles. The number of rotatable bonds is 6. The first kappa shape index (κ1) is 14.7. The zero-order chi connectivity index (χ0) is 13.8. The minimum Gasteiger partial charge on any atom is -0.495 e. The molecule has 1 unspecified atom stereocenters. The predicted molar refractivity (Wildman–Crippen MR) is 65.7 cm³/mol. The number of ether oxygens (including phenoxy) is 1. The number of benzene rings is 1. The lowest BCUT2D eigenvalue weighted by atomic mass is 10.3. The first-order chi connectivity index (χ1) is 8.40. The maximum atomic E-state index is 11.8. The van der Waals surface area contributed by atoms with Crippen molar-refractivity contribution in [2.75, 3.05) is 26.0 Å². The number of nitrogen functional groups attached to an aromatic ring is 1. The lowest BCUT2D eigenvalue weighted by molar-refractivity contribution is 0.0988. The minimum atomic E-state index is -3.77. The lowest BCUT2D eigenvalue weighted by Gasteiger charge is -2.11. The summed E-state index contributed by atoms with van der Waals surface area (Å²) in [5.74, 6) is 0.379. The van der Waals surface area contributed by atoms with Gasteiger partial charge >= 0.3 is 0 Å². The fourth-order valence-electron chi connectivity index (χ4n) is 1.23. The second-order valence-electron chi connectivity index (χ2n) is 3.59. The summed E-state index contributed by atoms with van der Waals surface area (Å²) < 4.78 is 30.7. The number of aliphatic hydroxyl groups excluding tert-OH is 2. The minimum absolute atomic E-state index is 0.0362. The van der Waals surface area contributed by atoms with Gasteiger partial charge in [0.2, 0.25) is 10.0 Å². The summed E-state index contributed by atoms with van der Waals surface area (Å²) in [5, 5.41) is 17.7. The van der Waals surface area contributed by atoms with Gasteiger partial charge in [0.15, 0.2) is 0 Å². The molecule has 0 aliphatic heterocycles. The van der Waals surface area contributed by atoms with Crippen molar-refractivity contribution in [3.05, 3.63) is 18.2 Å². The third-order valence-electron chi connectivity index (χ3n) is 2.23. The number of anilines is 1. The van der Waals surface area contributed by atoms with E-state index in [1.54, 1.807) is 0 Å². The quantitative estimate of drug-likeness (QED) is 0.490. The zero-order valence-corrected chi connectivity index (χ0v) is 10.6. The third kappa shape index (κ3) is 3.57. The molecule has 1 aromatic rings. The zero-order valence-electron chi connectivity index (χ0n) is 9.83. The van der Waals surface area contributed by atoms with Gasteiger partial charge < -0.3 is 20.7 Å². The molecule has 8 heteroatoms. The van der Waals surface area contributed by atoms with Crippen molar-refractivity contribution in [2.24, 2.45) is 0 Å². The van der Waals surface area contributed by atoms with Gasteiger partial charge in [0.25, 0.3) is 0 Å². The van der Waals surface area contributed by atoms with Gasteiger partial charge in [-0.3, -0.25) is 0 Å². The molecule has 7 nitrogen and oxygen atoms in total. The highest BCUT2D eigenvalue weighted by molar-refractivity contribution is 7.89. The first-order valence-electron chi connectivity index (χ1n) is 5.13. The van der Waals surface area contributed by atoms with E-state index in [1.165, 1.54) is 25.3 Å². The number of hydrogen-bond acceptors (Lipinski definition) is 6. The highest BCUT2D eigenvalue weighted by Gasteiger charge is 2.16. The van der Waals surface area contributed by atoms with Gasteiger partial charge in [0.1, 0.15) is 5.75 Å². The molecule has 0 amide bonds. The Morgan fingerprint density at radius 2 is 2.17 bits per heavy atom. The van der Waals surface area contributed by atoms with Crippen molar-refractivity contribution in [3.8, 4) is 5.75 Å². The second kappa shape index (κ2) is 6.01. The molecule has 0 fully saturated rings. The van der Waals surface area contributed by atoms with Crippen LogP contribution in [0, 0.1) is 0 Å². The fraction of sp³-hybridized carbons (Fsp3) is 0.400. The Morgan fingerprint density at radius 1 is 1.50 bits per heavy atom. The van der Waals surface area contributed by atoms with E-state index in [0.717, 1.165) is 0 Å². The SMILES string of the molecule is COc1ccc(S(=O)(=O)NCC(O)CO)cc1N.